The molecule has 0 bridgehead atoms. The van der Waals surface area contributed by atoms with E-state index in [0.717, 1.165) is 38.1 Å². The molecule has 0 radical (unpaired) electrons. The molecule has 0 fully saturated rings. The number of ether oxygens (including phenoxy) is 2. The highest BCUT2D eigenvalue weighted by molar-refractivity contribution is 5.85. The van der Waals surface area contributed by atoms with Gasteiger partial charge in [-0.05, 0) is 12.8 Å². The molecule has 0 aliphatic carbocycles. The smallest absolute Gasteiger partial charge is 0.376 e. The van der Waals surface area contributed by atoms with E-state index in [9.17, 15) is 19.2 Å². The van der Waals surface area contributed by atoms with Crippen LogP contribution >= 0.6 is 0 Å². The number of alkyl carbamates (subject to hydrolysis) is 2. The summed E-state index contributed by atoms with van der Waals surface area (Å²) in [6.07, 6.45) is 38.1. The minimum absolute atomic E-state index is 0.196. The Kier molecular flexibility index (Phi) is 35.6. The SMILES string of the molecule is CCCCCCCCCCCCCCCCCC(=O)OC(=O)N/C=C/NC(=O)OC(=O)CCCCCCCCCCCCCCCCC. The third-order valence-corrected chi connectivity index (χ3v) is 8.87. The quantitative estimate of drug-likeness (QED) is 0.0398. The highest BCUT2D eigenvalue weighted by atomic mass is 16.6. The van der Waals surface area contributed by atoms with Crippen LogP contribution in [0.3, 0.4) is 0 Å². The second kappa shape index (κ2) is 37.4. The van der Waals surface area contributed by atoms with Gasteiger partial charge in [-0.2, -0.15) is 0 Å². The van der Waals surface area contributed by atoms with Crippen molar-refractivity contribution >= 4 is 24.1 Å². The van der Waals surface area contributed by atoms with E-state index in [0.29, 0.717) is 12.8 Å². The van der Waals surface area contributed by atoms with E-state index in [1.807, 2.05) is 0 Å². The van der Waals surface area contributed by atoms with Gasteiger partial charge in [-0.25, -0.2) is 9.59 Å². The molecular formula is C40H74N2O6. The summed E-state index contributed by atoms with van der Waals surface area (Å²) in [7, 11) is 0. The summed E-state index contributed by atoms with van der Waals surface area (Å²) < 4.78 is 9.44. The van der Waals surface area contributed by atoms with Gasteiger partial charge in [0, 0.05) is 25.2 Å². The van der Waals surface area contributed by atoms with Crippen LogP contribution < -0.4 is 10.6 Å². The van der Waals surface area contributed by atoms with Gasteiger partial charge in [-0.1, -0.05) is 194 Å². The van der Waals surface area contributed by atoms with Crippen molar-refractivity contribution in [2.45, 2.75) is 219 Å². The molecule has 0 unspecified atom stereocenters. The Morgan fingerprint density at radius 2 is 0.562 bits per heavy atom. The molecule has 48 heavy (non-hydrogen) atoms. The fourth-order valence-electron chi connectivity index (χ4n) is 5.87. The number of esters is 2. The van der Waals surface area contributed by atoms with Crippen molar-refractivity contribution in [3.63, 3.8) is 0 Å². The fourth-order valence-corrected chi connectivity index (χ4v) is 5.87. The molecule has 0 spiro atoms. The summed E-state index contributed by atoms with van der Waals surface area (Å²) in [5.74, 6) is -1.15. The molecular weight excluding hydrogens is 604 g/mol. The van der Waals surface area contributed by atoms with E-state index in [2.05, 4.69) is 24.5 Å². The molecule has 0 aromatic rings. The summed E-state index contributed by atoms with van der Waals surface area (Å²) in [5, 5.41) is 4.48. The standard InChI is InChI=1S/C40H74N2O6/c1-3-5-7-9-11-13-15-17-19-21-23-25-27-29-31-33-37(43)47-39(45)41-35-36-42-40(46)48-38(44)34-32-30-28-26-24-22-20-18-16-14-12-10-8-6-4-2/h35-36H,3-34H2,1-2H3,(H,41,45)(H,42,46)/b36-35+. The number of nitrogens with one attached hydrogen (secondary N) is 2. The van der Waals surface area contributed by atoms with E-state index in [1.54, 1.807) is 0 Å². The molecule has 0 aliphatic rings. The van der Waals surface area contributed by atoms with Crippen molar-refractivity contribution in [2.24, 2.45) is 0 Å². The van der Waals surface area contributed by atoms with Gasteiger partial charge in [0.1, 0.15) is 0 Å². The summed E-state index contributed by atoms with van der Waals surface area (Å²) in [6.45, 7) is 4.51. The lowest BCUT2D eigenvalue weighted by Gasteiger charge is -2.05. The second-order valence-electron chi connectivity index (χ2n) is 13.5. The van der Waals surface area contributed by atoms with Crippen LogP contribution in [-0.2, 0) is 19.1 Å². The van der Waals surface area contributed by atoms with Crippen molar-refractivity contribution in [1.82, 2.24) is 10.6 Å². The summed E-state index contributed by atoms with van der Waals surface area (Å²) in [6, 6.07) is 0. The third kappa shape index (κ3) is 36.5. The lowest BCUT2D eigenvalue weighted by atomic mass is 10.0. The van der Waals surface area contributed by atoms with Crippen LogP contribution in [0.1, 0.15) is 219 Å². The van der Waals surface area contributed by atoms with Crippen LogP contribution in [0.5, 0.6) is 0 Å². The normalized spacial score (nSPS) is 11.1. The molecule has 0 saturated carbocycles. The highest BCUT2D eigenvalue weighted by Gasteiger charge is 2.10. The summed E-state index contributed by atoms with van der Waals surface area (Å²) >= 11 is 0. The molecule has 280 valence electrons. The highest BCUT2D eigenvalue weighted by Crippen LogP contribution is 2.15. The zero-order valence-electron chi connectivity index (χ0n) is 31.2. The topological polar surface area (TPSA) is 111 Å². The van der Waals surface area contributed by atoms with Crippen LogP contribution in [0.25, 0.3) is 0 Å². The Balaban J connectivity index is 3.54. The lowest BCUT2D eigenvalue weighted by molar-refractivity contribution is -0.138. The van der Waals surface area contributed by atoms with Gasteiger partial charge in [-0.15, -0.1) is 0 Å². The van der Waals surface area contributed by atoms with Crippen molar-refractivity contribution < 1.29 is 28.7 Å². The zero-order valence-corrected chi connectivity index (χ0v) is 31.2. The number of amides is 2. The van der Waals surface area contributed by atoms with Gasteiger partial charge in [0.15, 0.2) is 0 Å². The summed E-state index contributed by atoms with van der Waals surface area (Å²) in [5.41, 5.74) is 0. The molecule has 0 heterocycles. The van der Waals surface area contributed by atoms with E-state index in [-0.39, 0.29) is 12.8 Å². The molecule has 0 aliphatic heterocycles. The molecule has 2 amide bonds. The number of hydrogen-bond acceptors (Lipinski definition) is 6. The van der Waals surface area contributed by atoms with E-state index in [4.69, 9.17) is 9.47 Å². The maximum absolute atomic E-state index is 11.9. The molecule has 2 N–H and O–H groups in total. The van der Waals surface area contributed by atoms with Crippen LogP contribution in [0.15, 0.2) is 12.4 Å². The number of carbonyl (C=O) groups is 4. The van der Waals surface area contributed by atoms with Gasteiger partial charge < -0.3 is 9.47 Å². The fraction of sp³-hybridized carbons (Fsp3) is 0.850. The number of rotatable bonds is 34. The maximum atomic E-state index is 11.9. The third-order valence-electron chi connectivity index (χ3n) is 8.87. The van der Waals surface area contributed by atoms with E-state index >= 15 is 0 Å². The largest absolute Gasteiger partial charge is 0.418 e. The molecule has 0 aromatic heterocycles. The van der Waals surface area contributed by atoms with Crippen LogP contribution in [0.4, 0.5) is 9.59 Å². The van der Waals surface area contributed by atoms with Gasteiger partial charge in [0.2, 0.25) is 0 Å². The van der Waals surface area contributed by atoms with Crippen LogP contribution in [0, 0.1) is 0 Å². The first-order valence-electron chi connectivity index (χ1n) is 20.2. The summed E-state index contributed by atoms with van der Waals surface area (Å²) in [4.78, 5) is 47.2. The van der Waals surface area contributed by atoms with Crippen LogP contribution in [-0.4, -0.2) is 24.1 Å². The average molecular weight is 679 g/mol. The van der Waals surface area contributed by atoms with Crippen molar-refractivity contribution in [2.75, 3.05) is 0 Å². The lowest BCUT2D eigenvalue weighted by Crippen LogP contribution is -2.25. The second-order valence-corrected chi connectivity index (χ2v) is 13.5. The molecule has 0 saturated heterocycles. The Morgan fingerprint density at radius 3 is 0.792 bits per heavy atom. The van der Waals surface area contributed by atoms with Crippen molar-refractivity contribution in [3.05, 3.63) is 12.4 Å². The molecule has 0 rings (SSSR count). The molecule has 8 nitrogen and oxygen atoms in total. The number of unbranched alkanes of at least 4 members (excludes halogenated alkanes) is 28. The number of hydrogen-bond donors (Lipinski definition) is 2. The first-order chi connectivity index (χ1) is 23.5. The minimum atomic E-state index is -0.920. The Labute approximate surface area is 294 Å². The van der Waals surface area contributed by atoms with Gasteiger partial charge in [0.25, 0.3) is 0 Å². The Bertz CT molecular complexity index is 737. The first-order valence-corrected chi connectivity index (χ1v) is 20.2. The minimum Gasteiger partial charge on any atom is -0.376 e. The zero-order chi connectivity index (χ0) is 35.2. The molecule has 0 aromatic carbocycles. The molecule has 8 heteroatoms. The van der Waals surface area contributed by atoms with Crippen molar-refractivity contribution in [1.29, 1.82) is 0 Å². The van der Waals surface area contributed by atoms with Gasteiger partial charge in [0.05, 0.1) is 0 Å². The molecule has 0 atom stereocenters. The van der Waals surface area contributed by atoms with Gasteiger partial charge in [-0.3, -0.25) is 20.2 Å². The van der Waals surface area contributed by atoms with E-state index < -0.39 is 24.1 Å². The first kappa shape index (κ1) is 45.6. The average Bonchev–Trinajstić information content (AvgIpc) is 3.06. The van der Waals surface area contributed by atoms with Crippen molar-refractivity contribution in [3.8, 4) is 0 Å². The predicted octanol–water partition coefficient (Wildman–Crippen LogP) is 12.5. The Morgan fingerprint density at radius 1 is 0.354 bits per heavy atom. The maximum Gasteiger partial charge on any atom is 0.418 e. The Hall–Kier alpha value is -2.38. The van der Waals surface area contributed by atoms with Gasteiger partial charge >= 0.3 is 24.1 Å². The van der Waals surface area contributed by atoms with Crippen LogP contribution in [0.2, 0.25) is 0 Å². The van der Waals surface area contributed by atoms with E-state index in [1.165, 1.54) is 154 Å². The monoisotopic (exact) mass is 679 g/mol. The predicted molar refractivity (Wildman–Crippen MR) is 197 cm³/mol. The number of carbonyl (C=O) groups excluding carboxylic acids is 4.